The molecule has 75 heavy (non-hydrogen) atoms. The number of pyridine rings is 1. The third kappa shape index (κ3) is 10.7. The number of piperazine rings is 1. The molecule has 2 aromatic heterocycles. The van der Waals surface area contributed by atoms with Gasteiger partial charge < -0.3 is 34.8 Å². The average Bonchev–Trinajstić information content (AvgIpc) is 4.18. The van der Waals surface area contributed by atoms with Crippen molar-refractivity contribution in [3.05, 3.63) is 107 Å². The van der Waals surface area contributed by atoms with E-state index in [2.05, 4.69) is 65.3 Å². The molecule has 0 bridgehead atoms. The lowest BCUT2D eigenvalue weighted by Crippen LogP contribution is -2.58. The van der Waals surface area contributed by atoms with E-state index in [0.717, 1.165) is 34.8 Å². The van der Waals surface area contributed by atoms with Crippen LogP contribution in [0.15, 0.2) is 84.3 Å². The zero-order valence-electron chi connectivity index (χ0n) is 43.7. The second kappa shape index (κ2) is 20.9. The van der Waals surface area contributed by atoms with Crippen molar-refractivity contribution < 1.29 is 37.1 Å². The largest absolute Gasteiger partial charge is 0.496 e. The van der Waals surface area contributed by atoms with Crippen LogP contribution in [0.25, 0.3) is 21.6 Å². The van der Waals surface area contributed by atoms with Gasteiger partial charge in [0.2, 0.25) is 21.8 Å². The number of aryl methyl sites for hydroxylation is 2. The van der Waals surface area contributed by atoms with Gasteiger partial charge in [-0.15, -0.1) is 11.3 Å². The molecular weight excluding hydrogens is 989 g/mol. The van der Waals surface area contributed by atoms with Crippen molar-refractivity contribution in [1.82, 2.24) is 29.8 Å². The van der Waals surface area contributed by atoms with Crippen LogP contribution in [-0.4, -0.2) is 120 Å². The quantitative estimate of drug-likeness (QED) is 0.102. The average molecular weight is 1060 g/mol. The smallest absolute Gasteiger partial charge is 0.259 e. The van der Waals surface area contributed by atoms with Gasteiger partial charge in [-0.1, -0.05) is 62.6 Å². The van der Waals surface area contributed by atoms with E-state index in [4.69, 9.17) is 19.4 Å². The molecule has 18 heteroatoms. The topological polar surface area (TPSA) is 192 Å². The molecule has 4 fully saturated rings. The number of nitrogens with zero attached hydrogens (tertiary/aromatic N) is 5. The summed E-state index contributed by atoms with van der Waals surface area (Å²) in [5.74, 6) is -0.870. The number of rotatable bonds is 12. The Balaban J connectivity index is 0.954. The Morgan fingerprint density at radius 3 is 2.43 bits per heavy atom. The number of amides is 4. The van der Waals surface area contributed by atoms with Crippen LogP contribution in [0.1, 0.15) is 112 Å². The van der Waals surface area contributed by atoms with Gasteiger partial charge in [0, 0.05) is 77.9 Å². The van der Waals surface area contributed by atoms with E-state index in [1.165, 1.54) is 16.9 Å². The summed E-state index contributed by atoms with van der Waals surface area (Å²) >= 11 is 1.49. The highest BCUT2D eigenvalue weighted by Gasteiger charge is 2.63. The van der Waals surface area contributed by atoms with Crippen molar-refractivity contribution in [1.29, 1.82) is 0 Å². The standard InChI is InChI=1S/C57H68N8O8S2/c1-35(2)46-34-74-52(60-46)45-31-49(43-21-22-48(72-6)37(4)50(43)59-45)73-42-30-47-51(66)61-57(55(69)62-75(70,71)56(5)23-24-56)32-39(57)14-10-8-7-9-11-16-44(54(68)65(47)33-42)58-40-15-12-13-38(29-40)53(67)64-27-25-63(26-28-64)41-19-17-36(3)18-20-41/h10,12-15,17-22,29,31,34-35,39,42,44,47,58H,7-9,11,16,23-28,30,32-33H2,1-6H3,(H,61,66)(H,62,69)/t39-,42-,44+,47+,57-/m1/s1. The van der Waals surface area contributed by atoms with Crippen LogP contribution < -0.4 is 29.7 Å². The minimum atomic E-state index is -4.03. The number of fused-ring (bicyclic) bond motifs is 3. The minimum absolute atomic E-state index is 0.0283. The van der Waals surface area contributed by atoms with E-state index in [-0.39, 0.29) is 37.1 Å². The third-order valence-electron chi connectivity index (χ3n) is 15.9. The summed E-state index contributed by atoms with van der Waals surface area (Å²) < 4.78 is 40.9. The number of carbonyl (C=O) groups excluding carboxylic acids is 4. The van der Waals surface area contributed by atoms with Crippen LogP contribution in [0.5, 0.6) is 11.5 Å². The fourth-order valence-electron chi connectivity index (χ4n) is 10.7. The lowest BCUT2D eigenvalue weighted by atomic mass is 10.0. The van der Waals surface area contributed by atoms with Crippen LogP contribution in [0.2, 0.25) is 0 Å². The zero-order chi connectivity index (χ0) is 52.8. The zero-order valence-corrected chi connectivity index (χ0v) is 45.3. The van der Waals surface area contributed by atoms with Gasteiger partial charge in [-0.2, -0.15) is 0 Å². The summed E-state index contributed by atoms with van der Waals surface area (Å²) in [7, 11) is -2.42. The van der Waals surface area contributed by atoms with Crippen LogP contribution in [0.4, 0.5) is 11.4 Å². The number of sulfonamides is 1. The second-order valence-corrected chi connectivity index (χ2v) is 24.7. The third-order valence-corrected chi connectivity index (χ3v) is 18.9. The van der Waals surface area contributed by atoms with E-state index < -0.39 is 56.2 Å². The van der Waals surface area contributed by atoms with Gasteiger partial charge in [-0.25, -0.2) is 18.4 Å². The number of anilines is 2. The molecule has 10 rings (SSSR count). The van der Waals surface area contributed by atoms with Crippen molar-refractivity contribution in [2.24, 2.45) is 5.92 Å². The molecule has 16 nitrogen and oxygen atoms in total. The number of benzene rings is 3. The summed E-state index contributed by atoms with van der Waals surface area (Å²) in [4.78, 5) is 74.5. The predicted molar refractivity (Wildman–Crippen MR) is 292 cm³/mol. The highest BCUT2D eigenvalue weighted by atomic mass is 32.2. The monoisotopic (exact) mass is 1060 g/mol. The fraction of sp³-hybridized carbons (Fsp3) is 0.474. The Bertz CT molecular complexity index is 3150. The number of thiazole rings is 1. The Kier molecular flexibility index (Phi) is 14.5. The number of aromatic nitrogens is 2. The van der Waals surface area contributed by atoms with E-state index in [1.54, 1.807) is 31.1 Å². The molecule has 0 spiro atoms. The summed E-state index contributed by atoms with van der Waals surface area (Å²) in [5.41, 5.74) is 4.92. The number of ether oxygens (including phenoxy) is 2. The summed E-state index contributed by atoms with van der Waals surface area (Å²) in [6.07, 6.45) is 7.83. The molecule has 5 heterocycles. The molecule has 5 aliphatic rings. The van der Waals surface area contributed by atoms with Crippen LogP contribution >= 0.6 is 11.3 Å². The van der Waals surface area contributed by atoms with Crippen LogP contribution in [-0.2, 0) is 24.4 Å². The molecule has 5 atom stereocenters. The lowest BCUT2D eigenvalue weighted by Gasteiger charge is -2.36. The van der Waals surface area contributed by atoms with E-state index in [1.807, 2.05) is 59.7 Å². The molecule has 5 aromatic rings. The van der Waals surface area contributed by atoms with Crippen molar-refractivity contribution in [2.45, 2.75) is 127 Å². The molecule has 2 aliphatic carbocycles. The number of hydrogen-bond donors (Lipinski definition) is 3. The first-order valence-corrected chi connectivity index (χ1v) is 28.8. The molecule has 0 radical (unpaired) electrons. The van der Waals surface area contributed by atoms with E-state index in [9.17, 15) is 18.0 Å². The van der Waals surface area contributed by atoms with E-state index >= 15 is 9.59 Å². The molecule has 396 valence electrons. The maximum Gasteiger partial charge on any atom is 0.259 e. The van der Waals surface area contributed by atoms with Gasteiger partial charge in [0.15, 0.2) is 0 Å². The van der Waals surface area contributed by atoms with Gasteiger partial charge in [0.25, 0.3) is 11.8 Å². The van der Waals surface area contributed by atoms with Crippen molar-refractivity contribution in [3.63, 3.8) is 0 Å². The van der Waals surface area contributed by atoms with Crippen molar-refractivity contribution in [3.8, 4) is 22.2 Å². The number of hydrogen-bond acceptors (Lipinski definition) is 13. The molecule has 0 unspecified atom stereocenters. The van der Waals surface area contributed by atoms with Crippen LogP contribution in [0, 0.1) is 19.8 Å². The van der Waals surface area contributed by atoms with Gasteiger partial charge in [0.05, 0.1) is 29.6 Å². The second-order valence-electron chi connectivity index (χ2n) is 21.6. The van der Waals surface area contributed by atoms with Gasteiger partial charge in [0.1, 0.15) is 45.9 Å². The fourth-order valence-corrected chi connectivity index (χ4v) is 12.9. The maximum absolute atomic E-state index is 15.4. The number of methoxy groups -OCH3 is 1. The predicted octanol–water partition coefficient (Wildman–Crippen LogP) is 8.29. The first-order chi connectivity index (χ1) is 36.0. The number of allylic oxidation sites excluding steroid dienone is 1. The number of nitrogens with one attached hydrogen (secondary N) is 3. The highest BCUT2D eigenvalue weighted by Crippen LogP contribution is 2.48. The number of carbonyl (C=O) groups is 4. The molecular formula is C57H68N8O8S2. The lowest BCUT2D eigenvalue weighted by molar-refractivity contribution is -0.140. The Morgan fingerprint density at radius 2 is 1.71 bits per heavy atom. The summed E-state index contributed by atoms with van der Waals surface area (Å²) in [6.45, 7) is 12.4. The van der Waals surface area contributed by atoms with Crippen molar-refractivity contribution >= 4 is 67.3 Å². The maximum atomic E-state index is 15.4. The first-order valence-electron chi connectivity index (χ1n) is 26.4. The highest BCUT2D eigenvalue weighted by molar-refractivity contribution is 7.91. The summed E-state index contributed by atoms with van der Waals surface area (Å²) in [5, 5.41) is 9.98. The Labute approximate surface area is 443 Å². The normalized spacial score (nSPS) is 23.9. The molecule has 3 aliphatic heterocycles. The first kappa shape index (κ1) is 51.9. The Hall–Kier alpha value is -6.53. The van der Waals surface area contributed by atoms with Gasteiger partial charge in [-0.3, -0.25) is 23.9 Å². The molecule has 4 amide bonds. The molecule has 3 N–H and O–H groups in total. The molecule has 2 saturated carbocycles. The van der Waals surface area contributed by atoms with Crippen molar-refractivity contribution in [2.75, 3.05) is 50.1 Å². The SMILES string of the molecule is COc1ccc2c(O[C@@H]3C[C@H]4C(=O)N[C@]5(C(=O)NS(=O)(=O)C6(C)CC6)C[C@H]5C=CCCCCC[C@H](Nc5cccc(C(=O)N6CCN(c7ccc(C)cc7)CC6)c5)C(=O)N4C3)cc(-c3nc(C(C)C)cs3)nc2c1C. The van der Waals surface area contributed by atoms with Gasteiger partial charge in [-0.05, 0) is 108 Å². The van der Waals surface area contributed by atoms with Gasteiger partial charge >= 0.3 is 0 Å². The Morgan fingerprint density at radius 1 is 0.933 bits per heavy atom. The minimum Gasteiger partial charge on any atom is -0.496 e. The molecule has 3 aromatic carbocycles. The van der Waals surface area contributed by atoms with Crippen LogP contribution in [0.3, 0.4) is 0 Å². The molecule has 2 saturated heterocycles. The summed E-state index contributed by atoms with van der Waals surface area (Å²) in [6, 6.07) is 19.4. The van der Waals surface area contributed by atoms with E-state index in [0.29, 0.717) is 97.6 Å².